The van der Waals surface area contributed by atoms with E-state index in [0.29, 0.717) is 0 Å². The molecule has 4 heteroatoms. The SMILES string of the molecule is C[Si](C)(C)C(COCO)[Si](C)(C)C. The predicted molar refractivity (Wildman–Crippen MR) is 63.5 cm³/mol. The van der Waals surface area contributed by atoms with E-state index in [9.17, 15) is 0 Å². The minimum atomic E-state index is -1.13. The molecule has 13 heavy (non-hydrogen) atoms. The van der Waals surface area contributed by atoms with Gasteiger partial charge in [-0.1, -0.05) is 39.3 Å². The van der Waals surface area contributed by atoms with E-state index in [1.807, 2.05) is 0 Å². The van der Waals surface area contributed by atoms with Crippen molar-refractivity contribution in [2.45, 2.75) is 44.4 Å². The Kier molecular flexibility index (Phi) is 4.86. The van der Waals surface area contributed by atoms with Crippen LogP contribution in [0.5, 0.6) is 0 Å². The molecule has 0 atom stereocenters. The third-order valence-electron chi connectivity index (χ3n) is 2.47. The first kappa shape index (κ1) is 13.4. The van der Waals surface area contributed by atoms with Crippen LogP contribution in [0.2, 0.25) is 44.4 Å². The van der Waals surface area contributed by atoms with Gasteiger partial charge in [-0.05, 0) is 5.16 Å². The molecule has 0 aliphatic heterocycles. The van der Waals surface area contributed by atoms with Crippen molar-refractivity contribution in [3.05, 3.63) is 0 Å². The summed E-state index contributed by atoms with van der Waals surface area (Å²) in [5, 5.41) is 9.38. The van der Waals surface area contributed by atoms with Gasteiger partial charge in [0.2, 0.25) is 0 Å². The van der Waals surface area contributed by atoms with Gasteiger partial charge >= 0.3 is 0 Å². The summed E-state index contributed by atoms with van der Waals surface area (Å²) < 4.78 is 5.17. The Labute approximate surface area is 84.3 Å². The summed E-state index contributed by atoms with van der Waals surface area (Å²) >= 11 is 0. The highest BCUT2D eigenvalue weighted by atomic mass is 28.4. The summed E-state index contributed by atoms with van der Waals surface area (Å²) in [5.41, 5.74) is 0. The van der Waals surface area contributed by atoms with Gasteiger partial charge in [-0.2, -0.15) is 0 Å². The summed E-state index contributed by atoms with van der Waals surface area (Å²) in [6.45, 7) is 14.9. The lowest BCUT2D eigenvalue weighted by atomic mass is 10.8. The molecule has 0 aliphatic carbocycles. The van der Waals surface area contributed by atoms with E-state index < -0.39 is 16.1 Å². The Morgan fingerprint density at radius 3 is 1.62 bits per heavy atom. The smallest absolute Gasteiger partial charge is 0.143 e. The minimum absolute atomic E-state index is 0.133. The summed E-state index contributed by atoms with van der Waals surface area (Å²) in [6.07, 6.45) is 0. The molecule has 0 aromatic carbocycles. The topological polar surface area (TPSA) is 29.5 Å². The molecule has 0 heterocycles. The molecule has 0 bridgehead atoms. The third kappa shape index (κ3) is 4.95. The van der Waals surface area contributed by atoms with Crippen LogP contribution in [0.15, 0.2) is 0 Å². The summed E-state index contributed by atoms with van der Waals surface area (Å²) in [7, 11) is -2.27. The zero-order valence-electron chi connectivity index (χ0n) is 9.85. The maximum atomic E-state index is 8.66. The van der Waals surface area contributed by atoms with Crippen LogP contribution >= 0.6 is 0 Å². The van der Waals surface area contributed by atoms with Gasteiger partial charge in [0.15, 0.2) is 0 Å². The van der Waals surface area contributed by atoms with Crippen molar-refractivity contribution >= 4 is 16.1 Å². The van der Waals surface area contributed by atoms with Crippen LogP contribution in [0.3, 0.4) is 0 Å². The van der Waals surface area contributed by atoms with E-state index in [4.69, 9.17) is 9.84 Å². The van der Waals surface area contributed by atoms with Gasteiger partial charge in [-0.3, -0.25) is 0 Å². The van der Waals surface area contributed by atoms with Crippen molar-refractivity contribution in [1.29, 1.82) is 0 Å². The first-order valence-corrected chi connectivity index (χ1v) is 12.0. The van der Waals surface area contributed by atoms with Crippen LogP contribution in [0.1, 0.15) is 0 Å². The van der Waals surface area contributed by atoms with Crippen LogP contribution in [0.4, 0.5) is 0 Å². The first-order valence-electron chi connectivity index (χ1n) is 4.88. The molecule has 0 spiro atoms. The fourth-order valence-electron chi connectivity index (χ4n) is 1.97. The number of hydrogen-bond donors (Lipinski definition) is 1. The van der Waals surface area contributed by atoms with Gasteiger partial charge < -0.3 is 9.84 Å². The highest BCUT2D eigenvalue weighted by molar-refractivity contribution is 6.96. The van der Waals surface area contributed by atoms with Crippen LogP contribution in [0, 0.1) is 0 Å². The van der Waals surface area contributed by atoms with E-state index in [1.165, 1.54) is 0 Å². The van der Waals surface area contributed by atoms with Gasteiger partial charge in [0.1, 0.15) is 6.79 Å². The van der Waals surface area contributed by atoms with Crippen molar-refractivity contribution in [2.24, 2.45) is 0 Å². The summed E-state index contributed by atoms with van der Waals surface area (Å²) in [5.74, 6) is 0. The normalized spacial score (nSPS) is 13.8. The monoisotopic (exact) mass is 220 g/mol. The van der Waals surface area contributed by atoms with E-state index in [-0.39, 0.29) is 6.79 Å². The summed E-state index contributed by atoms with van der Waals surface area (Å²) in [6, 6.07) is 0. The first-order chi connectivity index (χ1) is 5.69. The average molecular weight is 220 g/mol. The molecule has 80 valence electrons. The zero-order valence-corrected chi connectivity index (χ0v) is 11.8. The maximum Gasteiger partial charge on any atom is 0.143 e. The van der Waals surface area contributed by atoms with Crippen LogP contribution < -0.4 is 0 Å². The molecule has 0 saturated heterocycles. The van der Waals surface area contributed by atoms with Gasteiger partial charge in [-0.25, -0.2) is 0 Å². The second-order valence-corrected chi connectivity index (χ2v) is 17.2. The third-order valence-corrected chi connectivity index (χ3v) is 12.2. The Morgan fingerprint density at radius 2 is 1.38 bits per heavy atom. The highest BCUT2D eigenvalue weighted by Gasteiger charge is 2.37. The lowest BCUT2D eigenvalue weighted by Crippen LogP contribution is -2.46. The maximum absolute atomic E-state index is 8.66. The Morgan fingerprint density at radius 1 is 1.00 bits per heavy atom. The number of hydrogen-bond acceptors (Lipinski definition) is 2. The number of rotatable bonds is 5. The quantitative estimate of drug-likeness (QED) is 0.570. The fourth-order valence-corrected chi connectivity index (χ4v) is 13.6. The molecule has 1 N–H and O–H groups in total. The molecule has 0 amide bonds. The van der Waals surface area contributed by atoms with Gasteiger partial charge in [0, 0.05) is 22.8 Å². The Bertz CT molecular complexity index is 133. The number of aliphatic hydroxyl groups is 1. The molecule has 2 nitrogen and oxygen atoms in total. The van der Waals surface area contributed by atoms with E-state index in [0.717, 1.165) is 11.8 Å². The van der Waals surface area contributed by atoms with E-state index >= 15 is 0 Å². The highest BCUT2D eigenvalue weighted by Crippen LogP contribution is 2.32. The molecular formula is C9H24O2Si2. The molecule has 0 aliphatic rings. The van der Waals surface area contributed by atoms with Gasteiger partial charge in [-0.15, -0.1) is 0 Å². The second kappa shape index (κ2) is 4.73. The van der Waals surface area contributed by atoms with Crippen LogP contribution in [-0.4, -0.2) is 34.7 Å². The van der Waals surface area contributed by atoms with Gasteiger partial charge in [0.05, 0.1) is 0 Å². The van der Waals surface area contributed by atoms with E-state index in [2.05, 4.69) is 39.3 Å². The molecule has 0 fully saturated rings. The average Bonchev–Trinajstić information content (AvgIpc) is 1.81. The predicted octanol–water partition coefficient (Wildman–Crippen LogP) is 2.54. The van der Waals surface area contributed by atoms with Crippen molar-refractivity contribution < 1.29 is 9.84 Å². The standard InChI is InChI=1S/C9H24O2Si2/c1-12(2,3)9(7-11-8-10)13(4,5)6/h9-10H,7-8H2,1-6H3. The second-order valence-electron chi connectivity index (χ2n) is 5.78. The number of ether oxygens (including phenoxy) is 1. The van der Waals surface area contributed by atoms with Gasteiger partial charge in [0.25, 0.3) is 0 Å². The van der Waals surface area contributed by atoms with Crippen molar-refractivity contribution in [3.63, 3.8) is 0 Å². The molecule has 0 rings (SSSR count). The molecule has 0 saturated carbocycles. The molecule has 0 aromatic rings. The molecule has 0 radical (unpaired) electrons. The zero-order chi connectivity index (χ0) is 10.7. The molecule has 0 unspecified atom stereocenters. The molecule has 0 aromatic heterocycles. The Hall–Kier alpha value is 0.354. The lowest BCUT2D eigenvalue weighted by molar-refractivity contribution is 0.00197. The van der Waals surface area contributed by atoms with Crippen molar-refractivity contribution in [2.75, 3.05) is 13.4 Å². The van der Waals surface area contributed by atoms with Crippen molar-refractivity contribution in [1.82, 2.24) is 0 Å². The van der Waals surface area contributed by atoms with Crippen molar-refractivity contribution in [3.8, 4) is 0 Å². The largest absolute Gasteiger partial charge is 0.371 e. The fraction of sp³-hybridized carbons (Fsp3) is 1.00. The molecular weight excluding hydrogens is 196 g/mol. The lowest BCUT2D eigenvalue weighted by Gasteiger charge is -2.37. The van der Waals surface area contributed by atoms with E-state index in [1.54, 1.807) is 0 Å². The van der Waals surface area contributed by atoms with Crippen LogP contribution in [0.25, 0.3) is 0 Å². The minimum Gasteiger partial charge on any atom is -0.371 e. The summed E-state index contributed by atoms with van der Waals surface area (Å²) in [4.78, 5) is 0. The van der Waals surface area contributed by atoms with Crippen LogP contribution in [-0.2, 0) is 4.74 Å². The Balaban J connectivity index is 4.39. The number of aliphatic hydroxyl groups excluding tert-OH is 1.